The molecular formula is C16H19ClN4O2. The van der Waals surface area contributed by atoms with Crippen LogP contribution >= 0.6 is 11.6 Å². The van der Waals surface area contributed by atoms with E-state index in [2.05, 4.69) is 15.6 Å². The van der Waals surface area contributed by atoms with E-state index < -0.39 is 6.04 Å². The van der Waals surface area contributed by atoms with Crippen molar-refractivity contribution in [1.29, 1.82) is 0 Å². The number of aliphatic imine (C=N–C) groups is 1. The van der Waals surface area contributed by atoms with Crippen molar-refractivity contribution in [3.05, 3.63) is 29.3 Å². The van der Waals surface area contributed by atoms with Crippen molar-refractivity contribution in [2.75, 3.05) is 18.4 Å². The molecule has 0 spiro atoms. The molecule has 0 bridgehead atoms. The van der Waals surface area contributed by atoms with Crippen molar-refractivity contribution < 1.29 is 9.59 Å². The third kappa shape index (κ3) is 4.01. The molecule has 122 valence electrons. The van der Waals surface area contributed by atoms with Crippen LogP contribution in [-0.2, 0) is 9.59 Å². The van der Waals surface area contributed by atoms with Gasteiger partial charge in [0.05, 0.1) is 6.42 Å². The maximum atomic E-state index is 12.4. The van der Waals surface area contributed by atoms with E-state index in [0.29, 0.717) is 16.7 Å². The first kappa shape index (κ1) is 15.8. The monoisotopic (exact) mass is 334 g/mol. The van der Waals surface area contributed by atoms with Gasteiger partial charge in [0.2, 0.25) is 17.8 Å². The fourth-order valence-electron chi connectivity index (χ4n) is 2.75. The quantitative estimate of drug-likeness (QED) is 0.869. The van der Waals surface area contributed by atoms with Crippen LogP contribution in [0, 0.1) is 0 Å². The molecule has 1 aromatic rings. The SMILES string of the molecule is O=C1CC(C(=O)Nc2ccc(Cl)cc2)N=C(N2CCCCC2)N1. The highest BCUT2D eigenvalue weighted by molar-refractivity contribution is 6.30. The molecule has 1 aromatic carbocycles. The van der Waals surface area contributed by atoms with Crippen molar-refractivity contribution in [2.45, 2.75) is 31.7 Å². The highest BCUT2D eigenvalue weighted by Gasteiger charge is 2.29. The van der Waals surface area contributed by atoms with E-state index >= 15 is 0 Å². The van der Waals surface area contributed by atoms with Gasteiger partial charge >= 0.3 is 0 Å². The lowest BCUT2D eigenvalue weighted by Gasteiger charge is -2.32. The van der Waals surface area contributed by atoms with Crippen LogP contribution in [0.1, 0.15) is 25.7 Å². The molecule has 2 heterocycles. The van der Waals surface area contributed by atoms with Crippen molar-refractivity contribution in [3.8, 4) is 0 Å². The fraction of sp³-hybridized carbons (Fsp3) is 0.438. The number of guanidine groups is 1. The van der Waals surface area contributed by atoms with Crippen LogP contribution in [0.2, 0.25) is 5.02 Å². The lowest BCUT2D eigenvalue weighted by molar-refractivity contribution is -0.125. The van der Waals surface area contributed by atoms with Gasteiger partial charge in [0.15, 0.2) is 0 Å². The van der Waals surface area contributed by atoms with Gasteiger partial charge in [0.1, 0.15) is 6.04 Å². The Morgan fingerprint density at radius 2 is 1.91 bits per heavy atom. The summed E-state index contributed by atoms with van der Waals surface area (Å²) < 4.78 is 0. The summed E-state index contributed by atoms with van der Waals surface area (Å²) in [6.45, 7) is 1.73. The predicted octanol–water partition coefficient (Wildman–Crippen LogP) is 2.01. The third-order valence-electron chi connectivity index (χ3n) is 3.98. The summed E-state index contributed by atoms with van der Waals surface area (Å²) in [4.78, 5) is 30.8. The number of rotatable bonds is 2. The number of carbonyl (C=O) groups is 2. The first-order chi connectivity index (χ1) is 11.1. The topological polar surface area (TPSA) is 73.8 Å². The molecule has 1 atom stereocenters. The summed E-state index contributed by atoms with van der Waals surface area (Å²) in [5.74, 6) is 0.0747. The Morgan fingerprint density at radius 1 is 1.22 bits per heavy atom. The van der Waals surface area contributed by atoms with Gasteiger partial charge in [-0.1, -0.05) is 11.6 Å². The van der Waals surface area contributed by atoms with Gasteiger partial charge in [-0.15, -0.1) is 0 Å². The molecule has 0 aromatic heterocycles. The van der Waals surface area contributed by atoms with Crippen LogP contribution in [0.5, 0.6) is 0 Å². The lowest BCUT2D eigenvalue weighted by Crippen LogP contribution is -2.51. The fourth-order valence-corrected chi connectivity index (χ4v) is 2.88. The van der Waals surface area contributed by atoms with Gasteiger partial charge in [-0.3, -0.25) is 14.9 Å². The minimum absolute atomic E-state index is 0.0662. The molecule has 1 fully saturated rings. The predicted molar refractivity (Wildman–Crippen MR) is 89.5 cm³/mol. The number of benzene rings is 1. The van der Waals surface area contributed by atoms with E-state index in [1.165, 1.54) is 6.42 Å². The number of carbonyl (C=O) groups excluding carboxylic acids is 2. The van der Waals surface area contributed by atoms with Crippen molar-refractivity contribution >= 4 is 35.1 Å². The van der Waals surface area contributed by atoms with E-state index in [9.17, 15) is 9.59 Å². The molecule has 2 amide bonds. The zero-order chi connectivity index (χ0) is 16.2. The van der Waals surface area contributed by atoms with E-state index in [1.807, 2.05) is 4.90 Å². The number of likely N-dealkylation sites (tertiary alicyclic amines) is 1. The molecule has 6 nitrogen and oxygen atoms in total. The number of amides is 2. The lowest BCUT2D eigenvalue weighted by atomic mass is 10.1. The summed E-state index contributed by atoms with van der Waals surface area (Å²) in [6, 6.07) is 6.15. The second-order valence-electron chi connectivity index (χ2n) is 5.76. The molecule has 23 heavy (non-hydrogen) atoms. The number of hydrogen-bond donors (Lipinski definition) is 2. The number of anilines is 1. The number of hydrogen-bond acceptors (Lipinski definition) is 4. The average molecular weight is 335 g/mol. The second kappa shape index (κ2) is 7.00. The zero-order valence-electron chi connectivity index (χ0n) is 12.7. The first-order valence-electron chi connectivity index (χ1n) is 7.81. The Bertz CT molecular complexity index is 623. The highest BCUT2D eigenvalue weighted by Crippen LogP contribution is 2.16. The molecule has 0 aliphatic carbocycles. The van der Waals surface area contributed by atoms with Crippen molar-refractivity contribution in [2.24, 2.45) is 4.99 Å². The van der Waals surface area contributed by atoms with Gasteiger partial charge in [-0.05, 0) is 43.5 Å². The average Bonchev–Trinajstić information content (AvgIpc) is 2.57. The van der Waals surface area contributed by atoms with Crippen LogP contribution in [-0.4, -0.2) is 41.8 Å². The highest BCUT2D eigenvalue weighted by atomic mass is 35.5. The standard InChI is InChI=1S/C16H19ClN4O2/c17-11-4-6-12(7-5-11)18-15(23)13-10-14(22)20-16(19-13)21-8-2-1-3-9-21/h4-7,13H,1-3,8-10H2,(H,18,23)(H,19,20,22). The number of halogens is 1. The smallest absolute Gasteiger partial charge is 0.249 e. The molecular weight excluding hydrogens is 316 g/mol. The first-order valence-corrected chi connectivity index (χ1v) is 8.18. The summed E-state index contributed by atoms with van der Waals surface area (Å²) in [6.07, 6.45) is 3.42. The van der Waals surface area contributed by atoms with E-state index in [-0.39, 0.29) is 18.2 Å². The largest absolute Gasteiger partial charge is 0.343 e. The summed E-state index contributed by atoms with van der Waals surface area (Å²) in [7, 11) is 0. The van der Waals surface area contributed by atoms with Crippen molar-refractivity contribution in [3.63, 3.8) is 0 Å². The molecule has 0 saturated carbocycles. The zero-order valence-corrected chi connectivity index (χ0v) is 13.5. The summed E-state index contributed by atoms with van der Waals surface area (Å²) >= 11 is 5.83. The Kier molecular flexibility index (Phi) is 4.81. The van der Waals surface area contributed by atoms with Crippen LogP contribution in [0.15, 0.2) is 29.3 Å². The molecule has 1 saturated heterocycles. The molecule has 3 rings (SSSR count). The van der Waals surface area contributed by atoms with Crippen LogP contribution in [0.4, 0.5) is 5.69 Å². The van der Waals surface area contributed by atoms with Gasteiger partial charge < -0.3 is 10.2 Å². The van der Waals surface area contributed by atoms with Gasteiger partial charge in [0, 0.05) is 23.8 Å². The Balaban J connectivity index is 1.70. The molecule has 7 heteroatoms. The molecule has 2 aliphatic rings. The van der Waals surface area contributed by atoms with E-state index in [1.54, 1.807) is 24.3 Å². The summed E-state index contributed by atoms with van der Waals surface area (Å²) in [5.41, 5.74) is 0.639. The maximum Gasteiger partial charge on any atom is 0.249 e. The minimum atomic E-state index is -0.698. The third-order valence-corrected chi connectivity index (χ3v) is 4.23. The van der Waals surface area contributed by atoms with Gasteiger partial charge in [-0.25, -0.2) is 4.99 Å². The molecule has 2 N–H and O–H groups in total. The Hall–Kier alpha value is -2.08. The van der Waals surface area contributed by atoms with E-state index in [4.69, 9.17) is 11.6 Å². The van der Waals surface area contributed by atoms with Crippen LogP contribution in [0.25, 0.3) is 0 Å². The minimum Gasteiger partial charge on any atom is -0.343 e. The normalized spacial score (nSPS) is 21.4. The second-order valence-corrected chi connectivity index (χ2v) is 6.20. The van der Waals surface area contributed by atoms with Gasteiger partial charge in [-0.2, -0.15) is 0 Å². The molecule has 2 aliphatic heterocycles. The van der Waals surface area contributed by atoms with Gasteiger partial charge in [0.25, 0.3) is 0 Å². The van der Waals surface area contributed by atoms with Crippen LogP contribution < -0.4 is 10.6 Å². The number of nitrogens with one attached hydrogen (secondary N) is 2. The number of nitrogens with zero attached hydrogens (tertiary/aromatic N) is 2. The van der Waals surface area contributed by atoms with E-state index in [0.717, 1.165) is 25.9 Å². The maximum absolute atomic E-state index is 12.4. The molecule has 1 unspecified atom stereocenters. The summed E-state index contributed by atoms with van der Waals surface area (Å²) in [5, 5.41) is 6.16. The molecule has 0 radical (unpaired) electrons. The Morgan fingerprint density at radius 3 is 2.61 bits per heavy atom. The van der Waals surface area contributed by atoms with Crippen molar-refractivity contribution in [1.82, 2.24) is 10.2 Å². The van der Waals surface area contributed by atoms with Crippen LogP contribution in [0.3, 0.4) is 0 Å². The number of piperidine rings is 1. The Labute approximate surface area is 139 Å².